The molecule has 1 aliphatic heterocycles. The quantitative estimate of drug-likeness (QED) is 0.635. The third kappa shape index (κ3) is 3.99. The van der Waals surface area contributed by atoms with E-state index in [0.717, 1.165) is 5.56 Å². The minimum atomic E-state index is -3.40. The highest BCUT2D eigenvalue weighted by Crippen LogP contribution is 2.33. The van der Waals surface area contributed by atoms with Crippen LogP contribution in [0.15, 0.2) is 51.8 Å². The van der Waals surface area contributed by atoms with Crippen LogP contribution in [0.4, 0.5) is 6.01 Å². The molecule has 156 valence electrons. The van der Waals surface area contributed by atoms with Crippen molar-refractivity contribution >= 4 is 21.8 Å². The second-order valence-corrected chi connectivity index (χ2v) is 9.44. The zero-order chi connectivity index (χ0) is 21.3. The predicted molar refractivity (Wildman–Crippen MR) is 106 cm³/mol. The molecule has 0 saturated carbocycles. The van der Waals surface area contributed by atoms with Crippen molar-refractivity contribution in [3.63, 3.8) is 0 Å². The van der Waals surface area contributed by atoms with Gasteiger partial charge in [0.05, 0.1) is 16.6 Å². The molecule has 0 saturated heterocycles. The first kappa shape index (κ1) is 19.9. The van der Waals surface area contributed by atoms with Gasteiger partial charge in [0, 0.05) is 5.56 Å². The summed E-state index contributed by atoms with van der Waals surface area (Å²) in [7, 11) is -3.40. The van der Waals surface area contributed by atoms with Crippen LogP contribution in [0, 0.1) is 0 Å². The van der Waals surface area contributed by atoms with E-state index in [1.807, 2.05) is 12.1 Å². The van der Waals surface area contributed by atoms with Gasteiger partial charge in [-0.25, -0.2) is 8.42 Å². The van der Waals surface area contributed by atoms with Crippen molar-refractivity contribution in [3.8, 4) is 11.5 Å². The number of aromatic nitrogens is 2. The molecule has 0 bridgehead atoms. The number of benzene rings is 2. The number of hydrogen-bond acceptors (Lipinski definition) is 8. The summed E-state index contributed by atoms with van der Waals surface area (Å²) < 4.78 is 40.4. The number of fused-ring (bicyclic) bond motifs is 1. The highest BCUT2D eigenvalue weighted by molar-refractivity contribution is 7.92. The maximum atomic E-state index is 12.4. The van der Waals surface area contributed by atoms with Crippen LogP contribution in [0.3, 0.4) is 0 Å². The van der Waals surface area contributed by atoms with Crippen molar-refractivity contribution in [3.05, 3.63) is 59.5 Å². The Morgan fingerprint density at radius 3 is 2.53 bits per heavy atom. The van der Waals surface area contributed by atoms with Gasteiger partial charge >= 0.3 is 6.01 Å². The Morgan fingerprint density at radius 2 is 1.80 bits per heavy atom. The van der Waals surface area contributed by atoms with Gasteiger partial charge in [-0.05, 0) is 55.8 Å². The summed E-state index contributed by atoms with van der Waals surface area (Å²) in [6.07, 6.45) is 0.362. The second-order valence-electron chi connectivity index (χ2n) is 6.94. The Balaban J connectivity index is 1.41. The van der Waals surface area contributed by atoms with Crippen molar-refractivity contribution in [2.24, 2.45) is 0 Å². The molecule has 0 fully saturated rings. The van der Waals surface area contributed by atoms with Crippen molar-refractivity contribution in [1.82, 2.24) is 10.2 Å². The number of nitrogens with one attached hydrogen (secondary N) is 1. The fraction of sp³-hybridized carbons (Fsp3) is 0.250. The Hall–Kier alpha value is -3.40. The zero-order valence-corrected chi connectivity index (χ0v) is 17.1. The molecule has 2 heterocycles. The summed E-state index contributed by atoms with van der Waals surface area (Å²) in [5, 5.41) is 9.74. The third-order valence-corrected chi connectivity index (χ3v) is 6.72. The highest BCUT2D eigenvalue weighted by Gasteiger charge is 2.20. The van der Waals surface area contributed by atoms with Crippen LogP contribution in [-0.4, -0.2) is 36.6 Å². The van der Waals surface area contributed by atoms with Gasteiger partial charge in [-0.3, -0.25) is 10.1 Å². The number of rotatable bonds is 6. The fourth-order valence-electron chi connectivity index (χ4n) is 2.84. The van der Waals surface area contributed by atoms with Crippen molar-refractivity contribution in [2.75, 3.05) is 12.1 Å². The number of sulfone groups is 1. The van der Waals surface area contributed by atoms with Gasteiger partial charge in [0.1, 0.15) is 0 Å². The first-order valence-electron chi connectivity index (χ1n) is 9.19. The average Bonchev–Trinajstić information content (AvgIpc) is 3.37. The molecule has 1 aliphatic rings. The number of ether oxygens (including phenoxy) is 2. The van der Waals surface area contributed by atoms with Gasteiger partial charge in [0.2, 0.25) is 12.7 Å². The maximum absolute atomic E-state index is 12.4. The van der Waals surface area contributed by atoms with Crippen LogP contribution in [0.25, 0.3) is 0 Å². The number of carbonyl (C=O) groups is 1. The topological polar surface area (TPSA) is 121 Å². The van der Waals surface area contributed by atoms with Gasteiger partial charge in [-0.1, -0.05) is 11.2 Å². The lowest BCUT2D eigenvalue weighted by atomic mass is 10.1. The lowest BCUT2D eigenvalue weighted by Gasteiger charge is -2.08. The molecule has 0 radical (unpaired) electrons. The molecule has 1 aromatic heterocycles. The largest absolute Gasteiger partial charge is 0.454 e. The monoisotopic (exact) mass is 429 g/mol. The fourth-order valence-corrected chi connectivity index (χ4v) is 3.90. The standard InChI is InChI=1S/C20H19N3O6S/c1-12(2)30(25,26)15-6-4-14(5-7-15)19(24)21-20-23-22-18(29-20)10-13-3-8-16-17(9-13)28-11-27-16/h3-9,12H,10-11H2,1-2H3,(H,21,23,24). The number of hydrogen-bond donors (Lipinski definition) is 1. The van der Waals surface area contributed by atoms with E-state index in [0.29, 0.717) is 23.8 Å². The summed E-state index contributed by atoms with van der Waals surface area (Å²) in [6, 6.07) is 11.1. The molecule has 0 atom stereocenters. The summed E-state index contributed by atoms with van der Waals surface area (Å²) in [5.74, 6) is 1.18. The SMILES string of the molecule is CC(C)S(=O)(=O)c1ccc(C(=O)Nc2nnc(Cc3ccc4c(c3)OCO4)o2)cc1. The van der Waals surface area contributed by atoms with Crippen LogP contribution in [-0.2, 0) is 16.3 Å². The molecule has 4 rings (SSSR count). The van der Waals surface area contributed by atoms with E-state index in [-0.39, 0.29) is 23.3 Å². The van der Waals surface area contributed by atoms with Crippen LogP contribution in [0.1, 0.15) is 35.7 Å². The molecule has 0 unspecified atom stereocenters. The van der Waals surface area contributed by atoms with Crippen LogP contribution < -0.4 is 14.8 Å². The number of carbonyl (C=O) groups excluding carboxylic acids is 1. The number of nitrogens with zero attached hydrogens (tertiary/aromatic N) is 2. The molecular weight excluding hydrogens is 410 g/mol. The molecule has 1 amide bonds. The number of amides is 1. The van der Waals surface area contributed by atoms with Gasteiger partial charge < -0.3 is 13.9 Å². The van der Waals surface area contributed by atoms with Gasteiger partial charge in [0.15, 0.2) is 21.3 Å². The summed E-state index contributed by atoms with van der Waals surface area (Å²) in [6.45, 7) is 3.40. The average molecular weight is 429 g/mol. The predicted octanol–water partition coefficient (Wildman–Crippen LogP) is 2.82. The Labute approximate surface area is 172 Å². The van der Waals surface area contributed by atoms with E-state index in [2.05, 4.69) is 15.5 Å². The van der Waals surface area contributed by atoms with Crippen molar-refractivity contribution in [1.29, 1.82) is 0 Å². The van der Waals surface area contributed by atoms with E-state index in [1.54, 1.807) is 19.9 Å². The van der Waals surface area contributed by atoms with Crippen LogP contribution >= 0.6 is 0 Å². The molecule has 30 heavy (non-hydrogen) atoms. The molecule has 9 nitrogen and oxygen atoms in total. The highest BCUT2D eigenvalue weighted by atomic mass is 32.2. The third-order valence-electron chi connectivity index (χ3n) is 4.55. The normalized spacial score (nSPS) is 12.9. The van der Waals surface area contributed by atoms with E-state index >= 15 is 0 Å². The van der Waals surface area contributed by atoms with E-state index in [4.69, 9.17) is 13.9 Å². The smallest absolute Gasteiger partial charge is 0.322 e. The van der Waals surface area contributed by atoms with Crippen LogP contribution in [0.5, 0.6) is 11.5 Å². The molecule has 2 aromatic carbocycles. The first-order valence-corrected chi connectivity index (χ1v) is 10.7. The van der Waals surface area contributed by atoms with Gasteiger partial charge in [-0.2, -0.15) is 0 Å². The Morgan fingerprint density at radius 1 is 1.07 bits per heavy atom. The maximum Gasteiger partial charge on any atom is 0.322 e. The number of anilines is 1. The van der Waals surface area contributed by atoms with Gasteiger partial charge in [0.25, 0.3) is 5.91 Å². The molecule has 3 aromatic rings. The minimum Gasteiger partial charge on any atom is -0.454 e. The molecule has 10 heteroatoms. The van der Waals surface area contributed by atoms with E-state index in [9.17, 15) is 13.2 Å². The minimum absolute atomic E-state index is 0.0466. The second kappa shape index (κ2) is 7.79. The van der Waals surface area contributed by atoms with E-state index in [1.165, 1.54) is 24.3 Å². The molecule has 1 N–H and O–H groups in total. The first-order chi connectivity index (χ1) is 14.3. The zero-order valence-electron chi connectivity index (χ0n) is 16.3. The molecule has 0 spiro atoms. The molecular formula is C20H19N3O6S. The molecule has 0 aliphatic carbocycles. The Kier molecular flexibility index (Phi) is 5.17. The summed E-state index contributed by atoms with van der Waals surface area (Å²) in [4.78, 5) is 12.6. The lowest BCUT2D eigenvalue weighted by molar-refractivity contribution is 0.102. The lowest BCUT2D eigenvalue weighted by Crippen LogP contribution is -2.15. The van der Waals surface area contributed by atoms with Crippen molar-refractivity contribution < 1.29 is 27.1 Å². The van der Waals surface area contributed by atoms with E-state index < -0.39 is 21.0 Å². The van der Waals surface area contributed by atoms with Crippen LogP contribution in [0.2, 0.25) is 0 Å². The summed E-state index contributed by atoms with van der Waals surface area (Å²) in [5.41, 5.74) is 1.16. The van der Waals surface area contributed by atoms with Gasteiger partial charge in [-0.15, -0.1) is 5.10 Å². The Bertz CT molecular complexity index is 1190. The van der Waals surface area contributed by atoms with Crippen molar-refractivity contribution in [2.45, 2.75) is 30.4 Å². The summed E-state index contributed by atoms with van der Waals surface area (Å²) >= 11 is 0.